The first-order chi connectivity index (χ1) is 8.76. The van der Waals surface area contributed by atoms with Gasteiger partial charge >= 0.3 is 5.97 Å². The van der Waals surface area contributed by atoms with Gasteiger partial charge < -0.3 is 9.47 Å². The van der Waals surface area contributed by atoms with Crippen LogP contribution in [0.15, 0.2) is 0 Å². The lowest BCUT2D eigenvalue weighted by molar-refractivity contribution is -0.186. The van der Waals surface area contributed by atoms with E-state index in [0.29, 0.717) is 18.3 Å². The van der Waals surface area contributed by atoms with E-state index < -0.39 is 0 Å². The lowest BCUT2D eigenvalue weighted by atomic mass is 9.55. The van der Waals surface area contributed by atoms with Crippen molar-refractivity contribution >= 4 is 18.6 Å². The quantitative estimate of drug-likeness (QED) is 0.474. The van der Waals surface area contributed by atoms with Gasteiger partial charge in [-0.1, -0.05) is 0 Å². The van der Waals surface area contributed by atoms with E-state index in [1.54, 1.807) is 0 Å². The maximum Gasteiger partial charge on any atom is 0.308 e. The molecule has 0 saturated heterocycles. The Morgan fingerprint density at radius 3 is 2.22 bits per heavy atom. The predicted octanol–water partition coefficient (Wildman–Crippen LogP) is 2.65. The molecule has 0 aromatic heterocycles. The smallest absolute Gasteiger partial charge is 0.308 e. The molecule has 4 rings (SSSR count). The molecule has 18 heavy (non-hydrogen) atoms. The maximum absolute atomic E-state index is 11.2. The van der Waals surface area contributed by atoms with Crippen molar-refractivity contribution in [2.45, 2.75) is 44.6 Å². The van der Waals surface area contributed by atoms with Crippen LogP contribution in [0, 0.1) is 23.7 Å². The summed E-state index contributed by atoms with van der Waals surface area (Å²) in [7, 11) is 0. The maximum atomic E-state index is 11.2. The number of esters is 1. The van der Waals surface area contributed by atoms with Crippen molar-refractivity contribution in [1.29, 1.82) is 0 Å². The zero-order valence-corrected chi connectivity index (χ0v) is 11.6. The SMILES string of the molecule is O=C(CCS)OCOC1C2CC3CC(C2)CC1C3. The standard InChI is InChI=1S/C14H22O3S/c15-13(1-2-18)16-8-17-14-11-4-9-3-10(6-11)7-12(14)5-9/h9-12,14,18H,1-8H2. The van der Waals surface area contributed by atoms with Gasteiger partial charge in [-0.25, -0.2) is 0 Å². The van der Waals surface area contributed by atoms with Crippen molar-refractivity contribution in [2.75, 3.05) is 12.5 Å². The summed E-state index contributed by atoms with van der Waals surface area (Å²) in [6.45, 7) is 0.139. The van der Waals surface area contributed by atoms with Crippen LogP contribution in [-0.4, -0.2) is 24.6 Å². The average Bonchev–Trinajstić information content (AvgIpc) is 2.32. The Labute approximate surface area is 114 Å². The molecule has 0 aromatic rings. The summed E-state index contributed by atoms with van der Waals surface area (Å²) in [5, 5.41) is 0. The molecule has 0 atom stereocenters. The van der Waals surface area contributed by atoms with E-state index in [9.17, 15) is 4.79 Å². The molecular formula is C14H22O3S. The topological polar surface area (TPSA) is 35.5 Å². The third-order valence-electron chi connectivity index (χ3n) is 4.94. The van der Waals surface area contributed by atoms with Gasteiger partial charge in [0.05, 0.1) is 12.5 Å². The Balaban J connectivity index is 1.47. The highest BCUT2D eigenvalue weighted by molar-refractivity contribution is 7.80. The lowest BCUT2D eigenvalue weighted by Gasteiger charge is -2.53. The van der Waals surface area contributed by atoms with Gasteiger partial charge in [0, 0.05) is 5.75 Å². The number of thiol groups is 1. The van der Waals surface area contributed by atoms with E-state index in [2.05, 4.69) is 12.6 Å². The number of carbonyl (C=O) groups excluding carboxylic acids is 1. The van der Waals surface area contributed by atoms with Crippen molar-refractivity contribution in [1.82, 2.24) is 0 Å². The molecule has 0 radical (unpaired) electrons. The lowest BCUT2D eigenvalue weighted by Crippen LogP contribution is -2.49. The number of hydrogen-bond acceptors (Lipinski definition) is 4. The Hall–Kier alpha value is -0.220. The van der Waals surface area contributed by atoms with Crippen LogP contribution in [0.3, 0.4) is 0 Å². The van der Waals surface area contributed by atoms with E-state index >= 15 is 0 Å². The average molecular weight is 270 g/mol. The summed E-state index contributed by atoms with van der Waals surface area (Å²) < 4.78 is 10.9. The Kier molecular flexibility index (Phi) is 3.85. The highest BCUT2D eigenvalue weighted by Crippen LogP contribution is 2.54. The summed E-state index contributed by atoms with van der Waals surface area (Å²) >= 11 is 4.01. The molecule has 4 aliphatic carbocycles. The first-order valence-electron chi connectivity index (χ1n) is 7.14. The third kappa shape index (κ3) is 2.55. The molecule has 0 heterocycles. The molecule has 0 aliphatic heterocycles. The minimum absolute atomic E-state index is 0.139. The molecular weight excluding hydrogens is 248 g/mol. The van der Waals surface area contributed by atoms with Crippen LogP contribution in [-0.2, 0) is 14.3 Å². The monoisotopic (exact) mass is 270 g/mol. The van der Waals surface area contributed by atoms with Crippen molar-refractivity contribution in [3.05, 3.63) is 0 Å². The molecule has 4 fully saturated rings. The van der Waals surface area contributed by atoms with E-state index in [4.69, 9.17) is 9.47 Å². The molecule has 3 nitrogen and oxygen atoms in total. The van der Waals surface area contributed by atoms with E-state index in [1.807, 2.05) is 0 Å². The Bertz CT molecular complexity index is 290. The number of ether oxygens (including phenoxy) is 2. The van der Waals surface area contributed by atoms with E-state index in [-0.39, 0.29) is 12.8 Å². The number of carbonyl (C=O) groups is 1. The normalized spacial score (nSPS) is 41.1. The summed E-state index contributed by atoms with van der Waals surface area (Å²) in [5.41, 5.74) is 0. The molecule has 0 spiro atoms. The Morgan fingerprint density at radius 1 is 1.06 bits per heavy atom. The summed E-state index contributed by atoms with van der Waals surface area (Å²) in [6.07, 6.45) is 7.52. The highest BCUT2D eigenvalue weighted by Gasteiger charge is 2.48. The minimum Gasteiger partial charge on any atom is -0.438 e. The molecule has 4 bridgehead atoms. The van der Waals surface area contributed by atoms with E-state index in [0.717, 1.165) is 23.7 Å². The van der Waals surface area contributed by atoms with E-state index in [1.165, 1.54) is 32.1 Å². The first-order valence-corrected chi connectivity index (χ1v) is 7.77. The predicted molar refractivity (Wildman–Crippen MR) is 71.3 cm³/mol. The molecule has 0 aromatic carbocycles. The molecule has 102 valence electrons. The number of hydrogen-bond donors (Lipinski definition) is 1. The van der Waals surface area contributed by atoms with Gasteiger partial charge in [-0.15, -0.1) is 0 Å². The molecule has 4 saturated carbocycles. The van der Waals surface area contributed by atoms with Gasteiger partial charge in [0.2, 0.25) is 0 Å². The van der Waals surface area contributed by atoms with Crippen molar-refractivity contribution in [3.63, 3.8) is 0 Å². The Morgan fingerprint density at radius 2 is 1.67 bits per heavy atom. The van der Waals surface area contributed by atoms with Crippen molar-refractivity contribution in [2.24, 2.45) is 23.7 Å². The van der Waals surface area contributed by atoms with Crippen LogP contribution in [0.5, 0.6) is 0 Å². The zero-order chi connectivity index (χ0) is 12.5. The highest BCUT2D eigenvalue weighted by atomic mass is 32.1. The minimum atomic E-state index is -0.200. The second-order valence-electron chi connectivity index (χ2n) is 6.17. The van der Waals surface area contributed by atoms with Crippen LogP contribution in [0.2, 0.25) is 0 Å². The third-order valence-corrected chi connectivity index (χ3v) is 5.16. The largest absolute Gasteiger partial charge is 0.438 e. The summed E-state index contributed by atoms with van der Waals surface area (Å²) in [6, 6.07) is 0. The zero-order valence-electron chi connectivity index (χ0n) is 10.7. The molecule has 4 heteroatoms. The van der Waals surface area contributed by atoms with Gasteiger partial charge in [-0.2, -0.15) is 12.6 Å². The summed E-state index contributed by atoms with van der Waals surface area (Å²) in [4.78, 5) is 11.2. The summed E-state index contributed by atoms with van der Waals surface area (Å²) in [5.74, 6) is 3.71. The molecule has 4 aliphatic rings. The van der Waals surface area contributed by atoms with Crippen LogP contribution in [0.4, 0.5) is 0 Å². The molecule has 0 amide bonds. The fourth-order valence-electron chi connectivity index (χ4n) is 4.49. The second kappa shape index (κ2) is 5.41. The molecule has 0 unspecified atom stereocenters. The van der Waals surface area contributed by atoms with Gasteiger partial charge in [-0.05, 0) is 55.8 Å². The van der Waals surface area contributed by atoms with Gasteiger partial charge in [0.1, 0.15) is 0 Å². The van der Waals surface area contributed by atoms with Crippen molar-refractivity contribution < 1.29 is 14.3 Å². The van der Waals surface area contributed by atoms with Crippen molar-refractivity contribution in [3.8, 4) is 0 Å². The van der Waals surface area contributed by atoms with Crippen LogP contribution < -0.4 is 0 Å². The fourth-order valence-corrected chi connectivity index (χ4v) is 4.67. The van der Waals surface area contributed by atoms with Gasteiger partial charge in [-0.3, -0.25) is 4.79 Å². The van der Waals surface area contributed by atoms with Gasteiger partial charge in [0.25, 0.3) is 0 Å². The first kappa shape index (κ1) is 12.8. The fraction of sp³-hybridized carbons (Fsp3) is 0.929. The van der Waals surface area contributed by atoms with Crippen LogP contribution in [0.1, 0.15) is 38.5 Å². The number of rotatable bonds is 5. The van der Waals surface area contributed by atoms with Crippen LogP contribution in [0.25, 0.3) is 0 Å². The molecule has 0 N–H and O–H groups in total. The van der Waals surface area contributed by atoms with Crippen LogP contribution >= 0.6 is 12.6 Å². The van der Waals surface area contributed by atoms with Gasteiger partial charge in [0.15, 0.2) is 6.79 Å². The second-order valence-corrected chi connectivity index (χ2v) is 6.62.